The minimum Gasteiger partial charge on any atom is -0.226 e. The minimum absolute atomic E-state index is 0.132. The summed E-state index contributed by atoms with van der Waals surface area (Å²) in [7, 11) is -3.91. The molecule has 0 saturated carbocycles. The Balaban J connectivity index is 1.88. The number of nitrogens with zero attached hydrogens (tertiary/aromatic N) is 3. The van der Waals surface area contributed by atoms with Gasteiger partial charge in [-0.05, 0) is 26.0 Å². The van der Waals surface area contributed by atoms with E-state index in [2.05, 4.69) is 15.2 Å². The molecule has 1 heterocycles. The van der Waals surface area contributed by atoms with Crippen molar-refractivity contribution >= 4 is 21.4 Å². The van der Waals surface area contributed by atoms with Gasteiger partial charge >= 0.3 is 0 Å². The fraction of sp³-hybridized carbons (Fsp3) is 0.125. The first-order valence-corrected chi connectivity index (χ1v) is 11.7. The highest BCUT2D eigenvalue weighted by Gasteiger charge is 2.32. The third-order valence-electron chi connectivity index (χ3n) is 4.91. The lowest BCUT2D eigenvalue weighted by Gasteiger charge is -2.15. The first-order chi connectivity index (χ1) is 14.9. The lowest BCUT2D eigenvalue weighted by Crippen LogP contribution is -2.14. The maximum absolute atomic E-state index is 13.3. The molecule has 0 radical (unpaired) electrons. The summed E-state index contributed by atoms with van der Waals surface area (Å²) in [5.74, 6) is 0.316. The number of benzene rings is 3. The lowest BCUT2D eigenvalue weighted by atomic mass is 10.1. The summed E-state index contributed by atoms with van der Waals surface area (Å²) in [6.45, 7) is 3.86. The van der Waals surface area contributed by atoms with Crippen LogP contribution in [0.25, 0.3) is 22.6 Å². The van der Waals surface area contributed by atoms with Gasteiger partial charge in [0.15, 0.2) is 10.5 Å². The van der Waals surface area contributed by atoms with Crippen LogP contribution < -0.4 is 0 Å². The van der Waals surface area contributed by atoms with Gasteiger partial charge in [-0.1, -0.05) is 89.5 Å². The fourth-order valence-corrected chi connectivity index (χ4v) is 4.79. The average Bonchev–Trinajstić information content (AvgIpc) is 2.79. The normalized spacial score (nSPS) is 12.5. The minimum atomic E-state index is -3.91. The Hall–Kier alpha value is -3.09. The van der Waals surface area contributed by atoms with Crippen molar-refractivity contribution in [3.8, 4) is 22.6 Å². The molecule has 0 aliphatic rings. The first-order valence-electron chi connectivity index (χ1n) is 9.68. The van der Waals surface area contributed by atoms with Gasteiger partial charge in [-0.25, -0.2) is 13.4 Å². The van der Waals surface area contributed by atoms with E-state index in [9.17, 15) is 8.42 Å². The van der Waals surface area contributed by atoms with Crippen LogP contribution in [0.5, 0.6) is 0 Å². The number of halogens is 1. The fourth-order valence-electron chi connectivity index (χ4n) is 3.12. The van der Waals surface area contributed by atoms with Crippen LogP contribution in [-0.2, 0) is 9.84 Å². The van der Waals surface area contributed by atoms with Crippen LogP contribution in [0.2, 0.25) is 0 Å². The standard InChI is InChI=1S/C24H20ClN3O2S/c1-16-8-12-18(13-9-16)21-22(26-24(28-27-21)19-6-4-3-5-7-19)23(25)31(29,30)20-14-10-17(2)11-15-20/h3-15,23H,1-2H3. The van der Waals surface area contributed by atoms with Gasteiger partial charge in [0, 0.05) is 11.1 Å². The number of rotatable bonds is 5. The van der Waals surface area contributed by atoms with Gasteiger partial charge in [0.05, 0.1) is 4.90 Å². The van der Waals surface area contributed by atoms with E-state index >= 15 is 0 Å². The predicted octanol–water partition coefficient (Wildman–Crippen LogP) is 5.53. The van der Waals surface area contributed by atoms with Crippen molar-refractivity contribution < 1.29 is 8.42 Å². The summed E-state index contributed by atoms with van der Waals surface area (Å²) in [5, 5.41) is 8.58. The smallest absolute Gasteiger partial charge is 0.201 e. The Labute approximate surface area is 186 Å². The van der Waals surface area contributed by atoms with Crippen LogP contribution in [0.1, 0.15) is 21.5 Å². The summed E-state index contributed by atoms with van der Waals surface area (Å²) in [4.78, 5) is 4.70. The number of alkyl halides is 1. The molecule has 0 N–H and O–H groups in total. The molecule has 156 valence electrons. The second-order valence-electron chi connectivity index (χ2n) is 7.28. The van der Waals surface area contributed by atoms with Gasteiger partial charge in [0.1, 0.15) is 11.4 Å². The van der Waals surface area contributed by atoms with Crippen molar-refractivity contribution in [2.75, 3.05) is 0 Å². The van der Waals surface area contributed by atoms with Gasteiger partial charge in [0.2, 0.25) is 9.84 Å². The molecular formula is C24H20ClN3O2S. The van der Waals surface area contributed by atoms with Crippen LogP contribution in [0.3, 0.4) is 0 Å². The molecule has 0 fully saturated rings. The number of sulfone groups is 1. The van der Waals surface area contributed by atoms with Crippen LogP contribution in [-0.4, -0.2) is 23.6 Å². The molecule has 0 spiro atoms. The first kappa shape index (κ1) is 21.2. The van der Waals surface area contributed by atoms with Crippen LogP contribution in [0.15, 0.2) is 83.8 Å². The topological polar surface area (TPSA) is 72.8 Å². The SMILES string of the molecule is Cc1ccc(-c2nnc(-c3ccccc3)nc2C(Cl)S(=O)(=O)c2ccc(C)cc2)cc1. The van der Waals surface area contributed by atoms with Crippen molar-refractivity contribution in [1.82, 2.24) is 15.2 Å². The van der Waals surface area contributed by atoms with Crippen molar-refractivity contribution in [1.29, 1.82) is 0 Å². The van der Waals surface area contributed by atoms with Crippen LogP contribution in [0.4, 0.5) is 0 Å². The molecule has 0 saturated heterocycles. The van der Waals surface area contributed by atoms with E-state index in [1.165, 1.54) is 0 Å². The molecule has 0 amide bonds. The summed E-state index contributed by atoms with van der Waals surface area (Å²) in [6, 6.07) is 23.4. The molecule has 0 aliphatic heterocycles. The maximum Gasteiger partial charge on any atom is 0.201 e. The monoisotopic (exact) mass is 449 g/mol. The highest BCUT2D eigenvalue weighted by atomic mass is 35.5. The molecular weight excluding hydrogens is 430 g/mol. The number of hydrogen-bond donors (Lipinski definition) is 0. The number of aryl methyl sites for hydroxylation is 2. The van der Waals surface area contributed by atoms with Gasteiger partial charge in [-0.15, -0.1) is 10.2 Å². The summed E-state index contributed by atoms with van der Waals surface area (Å²) < 4.78 is 25.2. The second-order valence-corrected chi connectivity index (χ2v) is 10.0. The van der Waals surface area contributed by atoms with E-state index in [4.69, 9.17) is 11.6 Å². The quantitative estimate of drug-likeness (QED) is 0.374. The summed E-state index contributed by atoms with van der Waals surface area (Å²) >= 11 is 6.60. The summed E-state index contributed by atoms with van der Waals surface area (Å²) in [6.07, 6.45) is 0. The Kier molecular flexibility index (Phi) is 5.85. The van der Waals surface area contributed by atoms with E-state index in [0.717, 1.165) is 16.7 Å². The largest absolute Gasteiger partial charge is 0.226 e. The predicted molar refractivity (Wildman–Crippen MR) is 122 cm³/mol. The molecule has 31 heavy (non-hydrogen) atoms. The Morgan fingerprint density at radius 1 is 0.742 bits per heavy atom. The maximum atomic E-state index is 13.3. The van der Waals surface area contributed by atoms with Gasteiger partial charge < -0.3 is 0 Å². The zero-order valence-corrected chi connectivity index (χ0v) is 18.6. The van der Waals surface area contributed by atoms with Crippen molar-refractivity contribution in [3.63, 3.8) is 0 Å². The second kappa shape index (κ2) is 8.57. The molecule has 1 atom stereocenters. The van der Waals surface area contributed by atoms with Crippen molar-refractivity contribution in [2.24, 2.45) is 0 Å². The zero-order valence-electron chi connectivity index (χ0n) is 17.0. The Bertz CT molecular complexity index is 1310. The molecule has 5 nitrogen and oxygen atoms in total. The van der Waals surface area contributed by atoms with Crippen LogP contribution in [0, 0.1) is 13.8 Å². The molecule has 3 aromatic carbocycles. The molecule has 7 heteroatoms. The highest BCUT2D eigenvalue weighted by Crippen LogP contribution is 2.37. The number of hydrogen-bond acceptors (Lipinski definition) is 5. The molecule has 0 bridgehead atoms. The number of aromatic nitrogens is 3. The lowest BCUT2D eigenvalue weighted by molar-refractivity contribution is 0.593. The molecule has 4 rings (SSSR count). The van der Waals surface area contributed by atoms with E-state index in [-0.39, 0.29) is 10.6 Å². The summed E-state index contributed by atoms with van der Waals surface area (Å²) in [5.41, 5.74) is 3.95. The van der Waals surface area contributed by atoms with Gasteiger partial charge in [0.25, 0.3) is 0 Å². The Morgan fingerprint density at radius 3 is 1.94 bits per heavy atom. The molecule has 4 aromatic rings. The third kappa shape index (κ3) is 4.36. The third-order valence-corrected chi connectivity index (χ3v) is 7.52. The molecule has 0 aliphatic carbocycles. The molecule has 1 unspecified atom stereocenters. The van der Waals surface area contributed by atoms with Crippen LogP contribution >= 0.6 is 11.6 Å². The van der Waals surface area contributed by atoms with E-state index in [1.54, 1.807) is 24.3 Å². The average molecular weight is 450 g/mol. The van der Waals surface area contributed by atoms with Crippen molar-refractivity contribution in [2.45, 2.75) is 23.5 Å². The van der Waals surface area contributed by atoms with Gasteiger partial charge in [-0.3, -0.25) is 0 Å². The Morgan fingerprint density at radius 2 is 1.32 bits per heavy atom. The zero-order chi connectivity index (χ0) is 22.0. The molecule has 1 aromatic heterocycles. The van der Waals surface area contributed by atoms with E-state index in [0.29, 0.717) is 17.1 Å². The van der Waals surface area contributed by atoms with Gasteiger partial charge in [-0.2, -0.15) is 0 Å². The van der Waals surface area contributed by atoms with E-state index < -0.39 is 14.5 Å². The van der Waals surface area contributed by atoms with E-state index in [1.807, 2.05) is 68.4 Å². The van der Waals surface area contributed by atoms with Crippen molar-refractivity contribution in [3.05, 3.63) is 95.7 Å². The highest BCUT2D eigenvalue weighted by molar-refractivity contribution is 7.92.